The van der Waals surface area contributed by atoms with E-state index in [1.54, 1.807) is 0 Å². The molecule has 104 valence electrons. The lowest BCUT2D eigenvalue weighted by atomic mass is 10.0. The van der Waals surface area contributed by atoms with Crippen LogP contribution in [0.3, 0.4) is 0 Å². The van der Waals surface area contributed by atoms with E-state index in [0.717, 1.165) is 6.08 Å². The zero-order valence-corrected chi connectivity index (χ0v) is 11.4. The zero-order chi connectivity index (χ0) is 14.4. The molecule has 0 saturated carbocycles. The molecule has 0 rings (SSSR count). The second-order valence-electron chi connectivity index (χ2n) is 4.32. The number of hydrogen-bond acceptors (Lipinski definition) is 3. The highest BCUT2D eigenvalue weighted by atomic mass is 31.2. The standard InChI is InChI=1S/C10H19N2O5P/c1-4-8(13)12-10(2,3)9(14)11-6-5-7-18(15,16)17/h4H,1,5-7H2,2-3H3,(H,11,14)(H,12,13)(H2,15,16,17). The van der Waals surface area contributed by atoms with Crippen LogP contribution in [0.15, 0.2) is 12.7 Å². The molecule has 0 aromatic heterocycles. The van der Waals surface area contributed by atoms with Crippen molar-refractivity contribution in [2.45, 2.75) is 25.8 Å². The molecule has 0 fully saturated rings. The van der Waals surface area contributed by atoms with Crippen molar-refractivity contribution in [3.63, 3.8) is 0 Å². The summed E-state index contributed by atoms with van der Waals surface area (Å²) >= 11 is 0. The summed E-state index contributed by atoms with van der Waals surface area (Å²) in [6, 6.07) is 0. The molecule has 0 atom stereocenters. The van der Waals surface area contributed by atoms with E-state index >= 15 is 0 Å². The molecule has 0 aromatic rings. The van der Waals surface area contributed by atoms with Crippen molar-refractivity contribution in [2.24, 2.45) is 0 Å². The van der Waals surface area contributed by atoms with Gasteiger partial charge in [0.25, 0.3) is 0 Å². The number of nitrogens with one attached hydrogen (secondary N) is 2. The molecule has 7 nitrogen and oxygen atoms in total. The smallest absolute Gasteiger partial charge is 0.325 e. The van der Waals surface area contributed by atoms with Crippen LogP contribution in [0.5, 0.6) is 0 Å². The van der Waals surface area contributed by atoms with E-state index in [1.165, 1.54) is 13.8 Å². The fourth-order valence-electron chi connectivity index (χ4n) is 1.12. The Hall–Kier alpha value is -1.17. The minimum Gasteiger partial charge on any atom is -0.354 e. The minimum atomic E-state index is -4.03. The van der Waals surface area contributed by atoms with Crippen LogP contribution in [-0.4, -0.2) is 39.8 Å². The summed E-state index contributed by atoms with van der Waals surface area (Å²) in [4.78, 5) is 40.0. The molecule has 0 radical (unpaired) electrons. The maximum atomic E-state index is 11.7. The summed E-state index contributed by atoms with van der Waals surface area (Å²) in [5, 5.41) is 4.93. The maximum Gasteiger partial charge on any atom is 0.325 e. The zero-order valence-electron chi connectivity index (χ0n) is 10.5. The van der Waals surface area contributed by atoms with E-state index in [2.05, 4.69) is 17.2 Å². The monoisotopic (exact) mass is 278 g/mol. The lowest BCUT2D eigenvalue weighted by Gasteiger charge is -2.24. The lowest BCUT2D eigenvalue weighted by molar-refractivity contribution is -0.130. The molecule has 0 aliphatic rings. The molecule has 2 amide bonds. The molecule has 0 saturated heterocycles. The Bertz CT molecular complexity index is 374. The predicted octanol–water partition coefficient (Wildman–Crippen LogP) is -0.249. The van der Waals surface area contributed by atoms with Crippen molar-refractivity contribution in [3.05, 3.63) is 12.7 Å². The Morgan fingerprint density at radius 1 is 1.39 bits per heavy atom. The van der Waals surface area contributed by atoms with Crippen molar-refractivity contribution in [3.8, 4) is 0 Å². The second kappa shape index (κ2) is 6.68. The first-order valence-electron chi connectivity index (χ1n) is 5.36. The third-order valence-electron chi connectivity index (χ3n) is 2.10. The van der Waals surface area contributed by atoms with Gasteiger partial charge in [-0.3, -0.25) is 14.2 Å². The number of hydrogen-bond donors (Lipinski definition) is 4. The van der Waals surface area contributed by atoms with Gasteiger partial charge in [0.05, 0.1) is 6.16 Å². The third-order valence-corrected chi connectivity index (χ3v) is 3.00. The molecule has 4 N–H and O–H groups in total. The third kappa shape index (κ3) is 7.21. The summed E-state index contributed by atoms with van der Waals surface area (Å²) in [6.45, 7) is 6.45. The van der Waals surface area contributed by atoms with E-state index in [1.807, 2.05) is 0 Å². The Morgan fingerprint density at radius 2 is 1.94 bits per heavy atom. The van der Waals surface area contributed by atoms with Crippen LogP contribution in [0, 0.1) is 0 Å². The van der Waals surface area contributed by atoms with Crippen molar-refractivity contribution in [2.75, 3.05) is 12.7 Å². The average molecular weight is 278 g/mol. The molecule has 0 aliphatic carbocycles. The Balaban J connectivity index is 4.12. The summed E-state index contributed by atoms with van der Waals surface area (Å²) in [7, 11) is -4.03. The van der Waals surface area contributed by atoms with Gasteiger partial charge in [0, 0.05) is 6.54 Å². The Kier molecular flexibility index (Phi) is 6.25. The highest BCUT2D eigenvalue weighted by molar-refractivity contribution is 7.51. The van der Waals surface area contributed by atoms with Gasteiger partial charge in [-0.1, -0.05) is 6.58 Å². The number of rotatable bonds is 7. The first-order chi connectivity index (χ1) is 8.08. The highest BCUT2D eigenvalue weighted by Crippen LogP contribution is 2.34. The summed E-state index contributed by atoms with van der Waals surface area (Å²) in [6.07, 6.45) is 0.942. The fraction of sp³-hybridized carbons (Fsp3) is 0.600. The quantitative estimate of drug-likeness (QED) is 0.291. The summed E-state index contributed by atoms with van der Waals surface area (Å²) in [5.74, 6) is -0.895. The molecule has 0 aromatic carbocycles. The van der Waals surface area contributed by atoms with Gasteiger partial charge in [-0.15, -0.1) is 0 Å². The average Bonchev–Trinajstić information content (AvgIpc) is 2.21. The van der Waals surface area contributed by atoms with E-state index < -0.39 is 24.9 Å². The molecule has 8 heteroatoms. The van der Waals surface area contributed by atoms with Gasteiger partial charge >= 0.3 is 7.60 Å². The highest BCUT2D eigenvalue weighted by Gasteiger charge is 2.28. The second-order valence-corrected chi connectivity index (χ2v) is 6.09. The largest absolute Gasteiger partial charge is 0.354 e. The number of carbonyl (C=O) groups excluding carboxylic acids is 2. The Morgan fingerprint density at radius 3 is 2.39 bits per heavy atom. The van der Waals surface area contributed by atoms with Crippen molar-refractivity contribution in [1.29, 1.82) is 0 Å². The Labute approximate surface area is 106 Å². The normalized spacial score (nSPS) is 11.8. The summed E-state index contributed by atoms with van der Waals surface area (Å²) < 4.78 is 10.6. The van der Waals surface area contributed by atoms with Gasteiger partial charge in [-0.25, -0.2) is 0 Å². The maximum absolute atomic E-state index is 11.7. The van der Waals surface area contributed by atoms with Gasteiger partial charge in [0.15, 0.2) is 0 Å². The fourth-order valence-corrected chi connectivity index (χ4v) is 1.69. The summed E-state index contributed by atoms with van der Waals surface area (Å²) in [5.41, 5.74) is -1.10. The molecule has 0 aliphatic heterocycles. The molecule has 18 heavy (non-hydrogen) atoms. The van der Waals surface area contributed by atoms with Crippen LogP contribution in [0.1, 0.15) is 20.3 Å². The van der Waals surface area contributed by atoms with E-state index in [0.29, 0.717) is 0 Å². The van der Waals surface area contributed by atoms with Crippen LogP contribution in [0.2, 0.25) is 0 Å². The first-order valence-corrected chi connectivity index (χ1v) is 7.16. The lowest BCUT2D eigenvalue weighted by Crippen LogP contribution is -2.54. The molecular weight excluding hydrogens is 259 g/mol. The molecule has 0 heterocycles. The number of amides is 2. The van der Waals surface area contributed by atoms with Crippen molar-refractivity contribution in [1.82, 2.24) is 10.6 Å². The van der Waals surface area contributed by atoms with Crippen molar-refractivity contribution < 1.29 is 23.9 Å². The minimum absolute atomic E-state index is 0.136. The topological polar surface area (TPSA) is 116 Å². The van der Waals surface area contributed by atoms with Gasteiger partial charge in [0.1, 0.15) is 5.54 Å². The van der Waals surface area contributed by atoms with Crippen LogP contribution < -0.4 is 10.6 Å². The van der Waals surface area contributed by atoms with Crippen molar-refractivity contribution >= 4 is 19.4 Å². The van der Waals surface area contributed by atoms with E-state index in [4.69, 9.17) is 9.79 Å². The first kappa shape index (κ1) is 16.8. The van der Waals surface area contributed by atoms with Gasteiger partial charge < -0.3 is 20.4 Å². The van der Waals surface area contributed by atoms with Crippen LogP contribution in [-0.2, 0) is 14.2 Å². The van der Waals surface area contributed by atoms with E-state index in [-0.39, 0.29) is 19.1 Å². The van der Waals surface area contributed by atoms with Crippen LogP contribution in [0.4, 0.5) is 0 Å². The molecule has 0 unspecified atom stereocenters. The van der Waals surface area contributed by atoms with Gasteiger partial charge in [0.2, 0.25) is 11.8 Å². The molecule has 0 spiro atoms. The van der Waals surface area contributed by atoms with Crippen LogP contribution >= 0.6 is 7.60 Å². The molecule has 0 bridgehead atoms. The molecular formula is C10H19N2O5P. The van der Waals surface area contributed by atoms with Gasteiger partial charge in [-0.05, 0) is 26.3 Å². The predicted molar refractivity (Wildman–Crippen MR) is 67.0 cm³/mol. The van der Waals surface area contributed by atoms with Crippen LogP contribution in [0.25, 0.3) is 0 Å². The SMILES string of the molecule is C=CC(=O)NC(C)(C)C(=O)NCCCP(=O)(O)O. The number of carbonyl (C=O) groups is 2. The van der Waals surface area contributed by atoms with Gasteiger partial charge in [-0.2, -0.15) is 0 Å². The van der Waals surface area contributed by atoms with E-state index in [9.17, 15) is 14.2 Å².